The zero-order chi connectivity index (χ0) is 15.1. The SMILES string of the molecule is Cc1nc(Cl)nc(-c2cc3cccc(F)c3o2)c1[N+](=O)[O-]. The van der Waals surface area contributed by atoms with Crippen molar-refractivity contribution in [3.63, 3.8) is 0 Å². The van der Waals surface area contributed by atoms with Crippen LogP contribution in [0.25, 0.3) is 22.4 Å². The Morgan fingerprint density at radius 2 is 2.14 bits per heavy atom. The highest BCUT2D eigenvalue weighted by molar-refractivity contribution is 6.28. The predicted octanol–water partition coefficient (Wildman–Crippen LogP) is 3.90. The van der Waals surface area contributed by atoms with Gasteiger partial charge in [-0.15, -0.1) is 0 Å². The number of hydrogen-bond donors (Lipinski definition) is 0. The van der Waals surface area contributed by atoms with E-state index < -0.39 is 10.7 Å². The van der Waals surface area contributed by atoms with Crippen molar-refractivity contribution in [2.75, 3.05) is 0 Å². The fourth-order valence-electron chi connectivity index (χ4n) is 2.07. The van der Waals surface area contributed by atoms with Gasteiger partial charge in [0, 0.05) is 5.39 Å². The minimum Gasteiger partial charge on any atom is -0.451 e. The van der Waals surface area contributed by atoms with E-state index >= 15 is 0 Å². The highest BCUT2D eigenvalue weighted by atomic mass is 35.5. The number of para-hydroxylation sites is 1. The first-order valence-electron chi connectivity index (χ1n) is 5.84. The standard InChI is InChI=1S/C13H7ClFN3O3/c1-6-11(18(19)20)10(17-13(14)16-6)9-5-7-3-2-4-8(15)12(7)21-9/h2-5H,1H3. The van der Waals surface area contributed by atoms with Crippen molar-refractivity contribution in [1.29, 1.82) is 0 Å². The maximum atomic E-state index is 13.6. The van der Waals surface area contributed by atoms with Crippen molar-refractivity contribution in [2.24, 2.45) is 0 Å². The fourth-order valence-corrected chi connectivity index (χ4v) is 2.28. The molecule has 3 rings (SSSR count). The van der Waals surface area contributed by atoms with Crippen LogP contribution in [-0.2, 0) is 0 Å². The number of nitro groups is 1. The minimum absolute atomic E-state index is 0.00851. The summed E-state index contributed by atoms with van der Waals surface area (Å²) in [6.07, 6.45) is 0. The molecule has 2 aromatic heterocycles. The van der Waals surface area contributed by atoms with Crippen molar-refractivity contribution in [3.05, 3.63) is 51.2 Å². The van der Waals surface area contributed by atoms with Crippen LogP contribution in [0.1, 0.15) is 5.69 Å². The summed E-state index contributed by atoms with van der Waals surface area (Å²) in [5, 5.41) is 11.5. The number of halogens is 2. The Morgan fingerprint density at radius 3 is 2.81 bits per heavy atom. The monoisotopic (exact) mass is 307 g/mol. The van der Waals surface area contributed by atoms with E-state index in [-0.39, 0.29) is 33.7 Å². The molecule has 0 radical (unpaired) electrons. The van der Waals surface area contributed by atoms with Crippen LogP contribution in [-0.4, -0.2) is 14.9 Å². The molecular weight excluding hydrogens is 301 g/mol. The number of benzene rings is 1. The summed E-state index contributed by atoms with van der Waals surface area (Å²) in [6.45, 7) is 1.44. The van der Waals surface area contributed by atoms with Gasteiger partial charge in [-0.2, -0.15) is 0 Å². The van der Waals surface area contributed by atoms with Gasteiger partial charge in [-0.1, -0.05) is 12.1 Å². The minimum atomic E-state index is -0.620. The molecule has 0 unspecified atom stereocenters. The van der Waals surface area contributed by atoms with Gasteiger partial charge in [0.05, 0.1) is 4.92 Å². The molecule has 2 heterocycles. The van der Waals surface area contributed by atoms with Crippen LogP contribution in [0, 0.1) is 22.9 Å². The summed E-state index contributed by atoms with van der Waals surface area (Å²) in [7, 11) is 0. The maximum absolute atomic E-state index is 13.6. The van der Waals surface area contributed by atoms with Gasteiger partial charge in [-0.25, -0.2) is 14.4 Å². The Bertz CT molecular complexity index is 878. The topological polar surface area (TPSA) is 82.1 Å². The van der Waals surface area contributed by atoms with Crippen molar-refractivity contribution < 1.29 is 13.7 Å². The molecule has 0 aliphatic carbocycles. The van der Waals surface area contributed by atoms with Crippen LogP contribution in [0.5, 0.6) is 0 Å². The summed E-state index contributed by atoms with van der Waals surface area (Å²) in [5.74, 6) is -0.493. The lowest BCUT2D eigenvalue weighted by Crippen LogP contribution is -2.00. The molecule has 0 saturated carbocycles. The molecule has 3 aromatic rings. The first-order valence-corrected chi connectivity index (χ1v) is 6.22. The summed E-state index contributed by atoms with van der Waals surface area (Å²) < 4.78 is 19.0. The van der Waals surface area contributed by atoms with E-state index in [0.717, 1.165) is 0 Å². The molecule has 0 amide bonds. The van der Waals surface area contributed by atoms with Crippen molar-refractivity contribution >= 4 is 28.3 Å². The Morgan fingerprint density at radius 1 is 1.38 bits per heavy atom. The number of aromatic nitrogens is 2. The van der Waals surface area contributed by atoms with E-state index in [1.165, 1.54) is 25.1 Å². The van der Waals surface area contributed by atoms with Gasteiger partial charge in [0.25, 0.3) is 0 Å². The summed E-state index contributed by atoms with van der Waals surface area (Å²) in [5.41, 5.74) is -0.280. The van der Waals surface area contributed by atoms with Crippen LogP contribution in [0.15, 0.2) is 28.7 Å². The first kappa shape index (κ1) is 13.4. The zero-order valence-corrected chi connectivity index (χ0v) is 11.4. The second-order valence-corrected chi connectivity index (χ2v) is 4.64. The molecule has 0 aliphatic heterocycles. The van der Waals surface area contributed by atoms with E-state index in [9.17, 15) is 14.5 Å². The second-order valence-electron chi connectivity index (χ2n) is 4.30. The highest BCUT2D eigenvalue weighted by Crippen LogP contribution is 2.35. The van der Waals surface area contributed by atoms with Crippen molar-refractivity contribution in [2.45, 2.75) is 6.92 Å². The molecule has 21 heavy (non-hydrogen) atoms. The number of aryl methyl sites for hydroxylation is 1. The number of furan rings is 1. The molecule has 8 heteroatoms. The van der Waals surface area contributed by atoms with E-state index in [4.69, 9.17) is 16.0 Å². The Hall–Kier alpha value is -2.54. The molecule has 106 valence electrons. The van der Waals surface area contributed by atoms with Crippen LogP contribution >= 0.6 is 11.6 Å². The summed E-state index contributed by atoms with van der Waals surface area (Å²) in [6, 6.07) is 5.86. The average molecular weight is 308 g/mol. The van der Waals surface area contributed by atoms with Gasteiger partial charge in [0.1, 0.15) is 5.69 Å². The highest BCUT2D eigenvalue weighted by Gasteiger charge is 2.25. The molecule has 0 fully saturated rings. The lowest BCUT2D eigenvalue weighted by Gasteiger charge is -2.02. The normalized spacial score (nSPS) is 11.0. The largest absolute Gasteiger partial charge is 0.451 e. The zero-order valence-electron chi connectivity index (χ0n) is 10.6. The fraction of sp³-hybridized carbons (Fsp3) is 0.0769. The Balaban J connectivity index is 2.32. The third-order valence-corrected chi connectivity index (χ3v) is 3.11. The third kappa shape index (κ3) is 2.21. The average Bonchev–Trinajstić information content (AvgIpc) is 2.82. The van der Waals surface area contributed by atoms with Gasteiger partial charge in [0.2, 0.25) is 5.28 Å². The van der Waals surface area contributed by atoms with E-state index in [0.29, 0.717) is 5.39 Å². The third-order valence-electron chi connectivity index (χ3n) is 2.94. The number of rotatable bonds is 2. The van der Waals surface area contributed by atoms with Crippen LogP contribution < -0.4 is 0 Å². The molecular formula is C13H7ClFN3O3. The molecule has 1 aromatic carbocycles. The van der Waals surface area contributed by atoms with Crippen molar-refractivity contribution in [1.82, 2.24) is 9.97 Å². The second kappa shape index (κ2) is 4.78. The maximum Gasteiger partial charge on any atom is 0.319 e. The van der Waals surface area contributed by atoms with Gasteiger partial charge in [-0.05, 0) is 30.7 Å². The van der Waals surface area contributed by atoms with Crippen molar-refractivity contribution in [3.8, 4) is 11.5 Å². The van der Waals surface area contributed by atoms with Gasteiger partial charge in [-0.3, -0.25) is 10.1 Å². The number of fused-ring (bicyclic) bond motifs is 1. The van der Waals surface area contributed by atoms with Gasteiger partial charge >= 0.3 is 5.69 Å². The lowest BCUT2D eigenvalue weighted by atomic mass is 10.2. The quantitative estimate of drug-likeness (QED) is 0.407. The molecule has 0 spiro atoms. The molecule has 0 saturated heterocycles. The van der Waals surface area contributed by atoms with E-state index in [1.807, 2.05) is 0 Å². The number of nitrogens with zero attached hydrogens (tertiary/aromatic N) is 3. The summed E-state index contributed by atoms with van der Waals surface area (Å²) >= 11 is 5.75. The summed E-state index contributed by atoms with van der Waals surface area (Å²) in [4.78, 5) is 18.2. The molecule has 0 bridgehead atoms. The van der Waals surface area contributed by atoms with Crippen LogP contribution in [0.3, 0.4) is 0 Å². The van der Waals surface area contributed by atoms with Crippen LogP contribution in [0.4, 0.5) is 10.1 Å². The Labute approximate surface area is 122 Å². The number of hydrogen-bond acceptors (Lipinski definition) is 5. The van der Waals surface area contributed by atoms with Crippen LogP contribution in [0.2, 0.25) is 5.28 Å². The molecule has 0 N–H and O–H groups in total. The molecule has 0 atom stereocenters. The first-order chi connectivity index (χ1) is 9.97. The lowest BCUT2D eigenvalue weighted by molar-refractivity contribution is -0.385. The van der Waals surface area contributed by atoms with E-state index in [2.05, 4.69) is 9.97 Å². The predicted molar refractivity (Wildman–Crippen MR) is 73.6 cm³/mol. The van der Waals surface area contributed by atoms with Gasteiger partial charge < -0.3 is 4.42 Å². The van der Waals surface area contributed by atoms with E-state index in [1.54, 1.807) is 6.07 Å². The molecule has 6 nitrogen and oxygen atoms in total. The Kier molecular flexibility index (Phi) is 3.06. The molecule has 0 aliphatic rings. The smallest absolute Gasteiger partial charge is 0.319 e. The van der Waals surface area contributed by atoms with Gasteiger partial charge in [0.15, 0.2) is 22.9 Å².